The predicted molar refractivity (Wildman–Crippen MR) is 150 cm³/mol. The molecule has 0 spiro atoms. The number of carboxylic acid groups (broad SMARTS) is 1. The minimum Gasteiger partial charge on any atom is -0.490 e. The fraction of sp³-hybridized carbons (Fsp3) is 0.548. The smallest absolute Gasteiger partial charge is 0.337 e. The van der Waals surface area contributed by atoms with Crippen molar-refractivity contribution in [1.29, 1.82) is 0 Å². The van der Waals surface area contributed by atoms with Crippen LogP contribution in [0, 0.1) is 26.7 Å². The molecule has 1 atom stereocenters. The van der Waals surface area contributed by atoms with E-state index in [4.69, 9.17) is 9.47 Å². The maximum absolute atomic E-state index is 13.8. The first kappa shape index (κ1) is 28.0. The number of hydrogen-bond acceptors (Lipinski definition) is 5. The van der Waals surface area contributed by atoms with Crippen molar-refractivity contribution < 1.29 is 24.2 Å². The van der Waals surface area contributed by atoms with Gasteiger partial charge in [0, 0.05) is 23.7 Å². The van der Waals surface area contributed by atoms with Crippen molar-refractivity contribution in [2.24, 2.45) is 5.92 Å². The second kappa shape index (κ2) is 11.0. The van der Waals surface area contributed by atoms with Gasteiger partial charge in [0.15, 0.2) is 6.10 Å². The van der Waals surface area contributed by atoms with Crippen molar-refractivity contribution >= 4 is 17.6 Å². The number of nitrogens with one attached hydrogen (secondary N) is 2. The molecule has 1 aliphatic heterocycles. The van der Waals surface area contributed by atoms with Gasteiger partial charge in [0.2, 0.25) is 0 Å². The number of ether oxygens (including phenoxy) is 2. The predicted octanol–water partition coefficient (Wildman–Crippen LogP) is 6.33. The lowest BCUT2D eigenvalue weighted by molar-refractivity contribution is -0.160. The fourth-order valence-corrected chi connectivity index (χ4v) is 5.77. The Morgan fingerprint density at radius 2 is 1.76 bits per heavy atom. The van der Waals surface area contributed by atoms with Gasteiger partial charge in [-0.05, 0) is 113 Å². The van der Waals surface area contributed by atoms with E-state index in [1.165, 1.54) is 0 Å². The van der Waals surface area contributed by atoms with Crippen LogP contribution in [-0.2, 0) is 9.53 Å². The molecular formula is C31H42N2O5. The molecule has 2 aromatic carbocycles. The molecule has 1 fully saturated rings. The molecule has 1 heterocycles. The topological polar surface area (TPSA) is 96.9 Å². The molecule has 0 aromatic heterocycles. The van der Waals surface area contributed by atoms with Crippen LogP contribution in [-0.4, -0.2) is 41.8 Å². The lowest BCUT2D eigenvalue weighted by Gasteiger charge is -2.31. The zero-order chi connectivity index (χ0) is 27.8. The number of carbonyl (C=O) groups is 2. The Kier molecular flexibility index (Phi) is 8.07. The normalized spacial score (nSPS) is 20.1. The highest BCUT2D eigenvalue weighted by Crippen LogP contribution is 2.43. The van der Waals surface area contributed by atoms with E-state index in [1.807, 2.05) is 59.7 Å². The van der Waals surface area contributed by atoms with Crippen LogP contribution in [0.5, 0.6) is 5.75 Å². The summed E-state index contributed by atoms with van der Waals surface area (Å²) >= 11 is 0. The summed E-state index contributed by atoms with van der Waals surface area (Å²) in [5.74, 6) is 0.292. The van der Waals surface area contributed by atoms with Crippen molar-refractivity contribution in [2.75, 3.05) is 18.5 Å². The lowest BCUT2D eigenvalue weighted by atomic mass is 9.82. The van der Waals surface area contributed by atoms with Gasteiger partial charge in [-0.1, -0.05) is 13.0 Å². The summed E-state index contributed by atoms with van der Waals surface area (Å²) in [5, 5.41) is 17.0. The number of anilines is 1. The van der Waals surface area contributed by atoms with Gasteiger partial charge < -0.3 is 25.2 Å². The molecule has 206 valence electrons. The Morgan fingerprint density at radius 3 is 2.39 bits per heavy atom. The highest BCUT2D eigenvalue weighted by Gasteiger charge is 2.34. The summed E-state index contributed by atoms with van der Waals surface area (Å²) in [6.45, 7) is 14.8. The summed E-state index contributed by atoms with van der Waals surface area (Å²) in [4.78, 5) is 26.4. The van der Waals surface area contributed by atoms with Crippen LogP contribution in [0.25, 0.3) is 11.1 Å². The number of rotatable bonds is 6. The molecule has 1 aliphatic carbocycles. The molecule has 0 saturated heterocycles. The van der Waals surface area contributed by atoms with Crippen LogP contribution >= 0.6 is 0 Å². The Morgan fingerprint density at radius 1 is 1.08 bits per heavy atom. The number of aliphatic carboxylic acids is 1. The van der Waals surface area contributed by atoms with Crippen molar-refractivity contribution in [3.8, 4) is 16.9 Å². The van der Waals surface area contributed by atoms with Gasteiger partial charge in [0.25, 0.3) is 5.91 Å². The molecule has 1 amide bonds. The maximum Gasteiger partial charge on any atom is 0.337 e. The van der Waals surface area contributed by atoms with Crippen LogP contribution in [0.4, 0.5) is 5.69 Å². The molecule has 1 unspecified atom stereocenters. The highest BCUT2D eigenvalue weighted by molar-refractivity contribution is 6.01. The first-order valence-electron chi connectivity index (χ1n) is 13.7. The summed E-state index contributed by atoms with van der Waals surface area (Å²) in [6, 6.07) is 5.97. The third kappa shape index (κ3) is 5.83. The lowest BCUT2D eigenvalue weighted by Crippen LogP contribution is -2.38. The van der Waals surface area contributed by atoms with E-state index in [0.29, 0.717) is 30.2 Å². The summed E-state index contributed by atoms with van der Waals surface area (Å²) in [7, 11) is 0. The van der Waals surface area contributed by atoms with E-state index in [1.54, 1.807) is 0 Å². The molecule has 2 aromatic rings. The Hall–Kier alpha value is -3.06. The van der Waals surface area contributed by atoms with Gasteiger partial charge >= 0.3 is 5.97 Å². The van der Waals surface area contributed by atoms with Crippen LogP contribution in [0.15, 0.2) is 18.2 Å². The molecule has 38 heavy (non-hydrogen) atoms. The van der Waals surface area contributed by atoms with Crippen LogP contribution in [0.3, 0.4) is 0 Å². The number of carboxylic acids is 1. The Balaban J connectivity index is 1.89. The van der Waals surface area contributed by atoms with Gasteiger partial charge in [-0.15, -0.1) is 0 Å². The zero-order valence-corrected chi connectivity index (χ0v) is 23.8. The number of benzene rings is 2. The van der Waals surface area contributed by atoms with E-state index >= 15 is 0 Å². The minimum absolute atomic E-state index is 0.0986. The molecule has 4 rings (SSSR count). The first-order valence-corrected chi connectivity index (χ1v) is 13.7. The van der Waals surface area contributed by atoms with Crippen molar-refractivity contribution in [2.45, 2.75) is 91.9 Å². The van der Waals surface area contributed by atoms with Crippen LogP contribution in [0.2, 0.25) is 0 Å². The second-order valence-corrected chi connectivity index (χ2v) is 11.9. The number of hydrogen-bond donors (Lipinski definition) is 3. The van der Waals surface area contributed by atoms with Crippen LogP contribution < -0.4 is 15.4 Å². The average Bonchev–Trinajstić information content (AvgIpc) is 2.85. The number of fused-ring (bicyclic) bond motifs is 1. The third-order valence-electron chi connectivity index (χ3n) is 7.84. The van der Waals surface area contributed by atoms with E-state index in [2.05, 4.69) is 17.6 Å². The first-order chi connectivity index (χ1) is 17.9. The van der Waals surface area contributed by atoms with Crippen molar-refractivity contribution in [3.05, 3.63) is 46.0 Å². The molecule has 1 saturated carbocycles. The number of amides is 1. The molecular weight excluding hydrogens is 480 g/mol. The van der Waals surface area contributed by atoms with Gasteiger partial charge in [-0.2, -0.15) is 0 Å². The molecule has 2 aliphatic rings. The summed E-state index contributed by atoms with van der Waals surface area (Å²) in [6.07, 6.45) is 2.99. The Bertz CT molecular complexity index is 1220. The van der Waals surface area contributed by atoms with E-state index in [0.717, 1.165) is 64.9 Å². The minimum atomic E-state index is -1.19. The molecule has 7 heteroatoms. The molecule has 3 N–H and O–H groups in total. The second-order valence-electron chi connectivity index (χ2n) is 11.9. The average molecular weight is 523 g/mol. The van der Waals surface area contributed by atoms with Crippen LogP contribution in [0.1, 0.15) is 92.1 Å². The Labute approximate surface area is 226 Å². The highest BCUT2D eigenvalue weighted by atomic mass is 16.5. The largest absolute Gasteiger partial charge is 0.490 e. The SMILES string of the molecule is Cc1c(C)c(C(OC(C)(C)C)C(=O)O)c(-c2ccc3c(c2)NCCO3)c(C)c1C(=O)NC1CCC(C)CC1. The van der Waals surface area contributed by atoms with Gasteiger partial charge in [-0.3, -0.25) is 4.79 Å². The zero-order valence-electron chi connectivity index (χ0n) is 23.8. The van der Waals surface area contributed by atoms with Gasteiger partial charge in [-0.25, -0.2) is 4.79 Å². The van der Waals surface area contributed by atoms with Gasteiger partial charge in [0.1, 0.15) is 12.4 Å². The monoisotopic (exact) mass is 522 g/mol. The third-order valence-corrected chi connectivity index (χ3v) is 7.84. The summed E-state index contributed by atoms with van der Waals surface area (Å²) < 4.78 is 11.9. The molecule has 0 bridgehead atoms. The molecule has 0 radical (unpaired) electrons. The standard InChI is InChI=1S/C31H42N2O5/c1-17-8-11-22(12-9-17)33-29(34)25-18(2)19(3)27(28(30(35)36)38-31(5,6)7)26(20(25)4)21-10-13-24-23(16-21)32-14-15-37-24/h10,13,16-17,22,28,32H,8-9,11-12,14-15H2,1-7H3,(H,33,34)(H,35,36). The van der Waals surface area contributed by atoms with Gasteiger partial charge in [0.05, 0.1) is 11.3 Å². The molecule has 7 nitrogen and oxygen atoms in total. The fourth-order valence-electron chi connectivity index (χ4n) is 5.77. The maximum atomic E-state index is 13.8. The quantitative estimate of drug-likeness (QED) is 0.410. The summed E-state index contributed by atoms with van der Waals surface area (Å²) in [5.41, 5.74) is 5.20. The van der Waals surface area contributed by atoms with Crippen molar-refractivity contribution in [3.63, 3.8) is 0 Å². The number of carbonyl (C=O) groups excluding carboxylic acids is 1. The van der Waals surface area contributed by atoms with E-state index in [9.17, 15) is 14.7 Å². The van der Waals surface area contributed by atoms with E-state index in [-0.39, 0.29) is 11.9 Å². The van der Waals surface area contributed by atoms with Crippen molar-refractivity contribution in [1.82, 2.24) is 5.32 Å². The van der Waals surface area contributed by atoms with E-state index < -0.39 is 17.7 Å².